The second-order valence-electron chi connectivity index (χ2n) is 7.11. The summed E-state index contributed by atoms with van der Waals surface area (Å²) in [5.74, 6) is 1.33. The molecule has 1 fully saturated rings. The summed E-state index contributed by atoms with van der Waals surface area (Å²) in [5, 5.41) is 0.502. The zero-order chi connectivity index (χ0) is 19.3. The topological polar surface area (TPSA) is 54.9 Å². The Morgan fingerprint density at radius 1 is 1.11 bits per heavy atom. The lowest BCUT2D eigenvalue weighted by Crippen LogP contribution is -2.48. The molecule has 3 heterocycles. The number of benzene rings is 1. The van der Waals surface area contributed by atoms with Crippen molar-refractivity contribution in [3.05, 3.63) is 52.8 Å². The van der Waals surface area contributed by atoms with E-state index in [1.54, 1.807) is 0 Å². The average molecular weight is 402 g/mol. The SMILES string of the molecule is O=C(Cc1cc(Cl)c2c(c1)OCCCO2)N1CCN(Cc2ccccn2)CC1. The number of aromatic nitrogens is 1. The van der Waals surface area contributed by atoms with Gasteiger partial charge in [0.2, 0.25) is 5.91 Å². The molecule has 0 saturated carbocycles. The predicted molar refractivity (Wildman–Crippen MR) is 107 cm³/mol. The third kappa shape index (κ3) is 4.56. The van der Waals surface area contributed by atoms with Gasteiger partial charge in [0.25, 0.3) is 0 Å². The number of pyridine rings is 1. The van der Waals surface area contributed by atoms with Crippen molar-refractivity contribution in [3.63, 3.8) is 0 Å². The van der Waals surface area contributed by atoms with E-state index in [9.17, 15) is 4.79 Å². The maximum atomic E-state index is 12.8. The first kappa shape index (κ1) is 19.0. The van der Waals surface area contributed by atoms with Gasteiger partial charge in [0.05, 0.1) is 30.4 Å². The van der Waals surface area contributed by atoms with Crippen LogP contribution in [0.1, 0.15) is 17.7 Å². The molecule has 0 unspecified atom stereocenters. The van der Waals surface area contributed by atoms with Crippen LogP contribution >= 0.6 is 11.6 Å². The van der Waals surface area contributed by atoms with E-state index in [1.807, 2.05) is 41.4 Å². The largest absolute Gasteiger partial charge is 0.489 e. The van der Waals surface area contributed by atoms with Crippen LogP contribution in [0.4, 0.5) is 0 Å². The molecule has 28 heavy (non-hydrogen) atoms. The minimum Gasteiger partial charge on any atom is -0.489 e. The quantitative estimate of drug-likeness (QED) is 0.788. The molecule has 1 aromatic heterocycles. The van der Waals surface area contributed by atoms with E-state index >= 15 is 0 Å². The maximum Gasteiger partial charge on any atom is 0.227 e. The molecule has 2 aromatic rings. The fraction of sp³-hybridized carbons (Fsp3) is 0.429. The standard InChI is InChI=1S/C21H24ClN3O3/c22-18-12-16(13-19-21(18)28-11-3-10-27-19)14-20(26)25-8-6-24(7-9-25)15-17-4-1-2-5-23-17/h1-2,4-5,12-13H,3,6-11,14-15H2. The molecular formula is C21H24ClN3O3. The summed E-state index contributed by atoms with van der Waals surface area (Å²) in [6, 6.07) is 9.64. The summed E-state index contributed by atoms with van der Waals surface area (Å²) in [6.07, 6.45) is 2.95. The number of hydrogen-bond acceptors (Lipinski definition) is 5. The van der Waals surface area contributed by atoms with Crippen molar-refractivity contribution in [1.82, 2.24) is 14.8 Å². The Labute approximate surface area is 170 Å². The van der Waals surface area contributed by atoms with Gasteiger partial charge in [-0.3, -0.25) is 14.7 Å². The molecule has 7 heteroatoms. The van der Waals surface area contributed by atoms with Crippen LogP contribution in [-0.4, -0.2) is 60.1 Å². The Balaban J connectivity index is 1.33. The molecule has 0 bridgehead atoms. The highest BCUT2D eigenvalue weighted by atomic mass is 35.5. The van der Waals surface area contributed by atoms with Crippen LogP contribution in [-0.2, 0) is 17.8 Å². The molecule has 0 atom stereocenters. The van der Waals surface area contributed by atoms with E-state index < -0.39 is 0 Å². The molecule has 0 spiro atoms. The average Bonchev–Trinajstić information content (AvgIpc) is 2.95. The smallest absolute Gasteiger partial charge is 0.227 e. The highest BCUT2D eigenvalue weighted by Gasteiger charge is 2.23. The van der Waals surface area contributed by atoms with Gasteiger partial charge in [-0.1, -0.05) is 17.7 Å². The van der Waals surface area contributed by atoms with Gasteiger partial charge in [-0.2, -0.15) is 0 Å². The first-order valence-electron chi connectivity index (χ1n) is 9.67. The third-order valence-electron chi connectivity index (χ3n) is 5.05. The molecule has 2 aliphatic heterocycles. The van der Waals surface area contributed by atoms with E-state index in [0.717, 1.165) is 50.4 Å². The van der Waals surface area contributed by atoms with Crippen molar-refractivity contribution in [2.24, 2.45) is 0 Å². The molecule has 1 saturated heterocycles. The minimum atomic E-state index is 0.114. The van der Waals surface area contributed by atoms with Gasteiger partial charge >= 0.3 is 0 Å². The van der Waals surface area contributed by atoms with Crippen molar-refractivity contribution in [3.8, 4) is 11.5 Å². The van der Waals surface area contributed by atoms with Crippen LogP contribution in [0.3, 0.4) is 0 Å². The third-order valence-corrected chi connectivity index (χ3v) is 5.33. The zero-order valence-corrected chi connectivity index (χ0v) is 16.5. The number of piperazine rings is 1. The van der Waals surface area contributed by atoms with Crippen LogP contribution in [0.2, 0.25) is 5.02 Å². The van der Waals surface area contributed by atoms with Crippen LogP contribution in [0, 0.1) is 0 Å². The van der Waals surface area contributed by atoms with Gasteiger partial charge in [0.15, 0.2) is 11.5 Å². The highest BCUT2D eigenvalue weighted by Crippen LogP contribution is 2.38. The van der Waals surface area contributed by atoms with Crippen molar-refractivity contribution in [2.75, 3.05) is 39.4 Å². The number of fused-ring (bicyclic) bond motifs is 1. The van der Waals surface area contributed by atoms with Gasteiger partial charge in [-0.25, -0.2) is 0 Å². The molecule has 1 amide bonds. The molecule has 1 aromatic carbocycles. The fourth-order valence-electron chi connectivity index (χ4n) is 3.55. The van der Waals surface area contributed by atoms with E-state index in [-0.39, 0.29) is 5.91 Å². The molecule has 2 aliphatic rings. The molecule has 0 aliphatic carbocycles. The lowest BCUT2D eigenvalue weighted by atomic mass is 10.1. The Morgan fingerprint density at radius 3 is 2.71 bits per heavy atom. The van der Waals surface area contributed by atoms with Crippen molar-refractivity contribution < 1.29 is 14.3 Å². The molecular weight excluding hydrogens is 378 g/mol. The van der Waals surface area contributed by atoms with Crippen LogP contribution in [0.5, 0.6) is 11.5 Å². The maximum absolute atomic E-state index is 12.8. The molecule has 148 valence electrons. The number of halogens is 1. The first-order valence-corrected chi connectivity index (χ1v) is 10.0. The summed E-state index contributed by atoms with van der Waals surface area (Å²) in [7, 11) is 0. The highest BCUT2D eigenvalue weighted by molar-refractivity contribution is 6.32. The summed E-state index contributed by atoms with van der Waals surface area (Å²) < 4.78 is 11.4. The van der Waals surface area contributed by atoms with E-state index in [0.29, 0.717) is 36.2 Å². The van der Waals surface area contributed by atoms with Gasteiger partial charge in [-0.15, -0.1) is 0 Å². The van der Waals surface area contributed by atoms with Crippen LogP contribution < -0.4 is 9.47 Å². The fourth-order valence-corrected chi connectivity index (χ4v) is 3.84. The van der Waals surface area contributed by atoms with Crippen molar-refractivity contribution in [1.29, 1.82) is 0 Å². The van der Waals surface area contributed by atoms with Gasteiger partial charge < -0.3 is 14.4 Å². The number of ether oxygens (including phenoxy) is 2. The summed E-state index contributed by atoms with van der Waals surface area (Å²) in [6.45, 7) is 5.16. The lowest BCUT2D eigenvalue weighted by molar-refractivity contribution is -0.132. The molecule has 0 N–H and O–H groups in total. The van der Waals surface area contributed by atoms with Crippen LogP contribution in [0.25, 0.3) is 0 Å². The second-order valence-corrected chi connectivity index (χ2v) is 7.52. The lowest BCUT2D eigenvalue weighted by Gasteiger charge is -2.34. The number of nitrogens with zero attached hydrogens (tertiary/aromatic N) is 3. The summed E-state index contributed by atoms with van der Waals surface area (Å²) >= 11 is 6.34. The number of amides is 1. The summed E-state index contributed by atoms with van der Waals surface area (Å²) in [4.78, 5) is 21.4. The monoisotopic (exact) mass is 401 g/mol. The van der Waals surface area contributed by atoms with E-state index in [2.05, 4.69) is 9.88 Å². The Bertz CT molecular complexity index is 823. The normalized spacial score (nSPS) is 17.2. The van der Waals surface area contributed by atoms with Crippen molar-refractivity contribution >= 4 is 17.5 Å². The zero-order valence-electron chi connectivity index (χ0n) is 15.8. The van der Waals surface area contributed by atoms with Gasteiger partial charge in [0, 0.05) is 45.3 Å². The van der Waals surface area contributed by atoms with Gasteiger partial charge in [0.1, 0.15) is 0 Å². The number of carbonyl (C=O) groups excluding carboxylic acids is 1. The number of rotatable bonds is 4. The molecule has 0 radical (unpaired) electrons. The van der Waals surface area contributed by atoms with Gasteiger partial charge in [-0.05, 0) is 29.8 Å². The molecule has 4 rings (SSSR count). The van der Waals surface area contributed by atoms with E-state index in [1.165, 1.54) is 0 Å². The van der Waals surface area contributed by atoms with E-state index in [4.69, 9.17) is 21.1 Å². The van der Waals surface area contributed by atoms with Crippen molar-refractivity contribution in [2.45, 2.75) is 19.4 Å². The summed E-state index contributed by atoms with van der Waals surface area (Å²) in [5.41, 5.74) is 1.92. The second kappa shape index (κ2) is 8.80. The first-order chi connectivity index (χ1) is 13.7. The number of carbonyl (C=O) groups is 1. The Hall–Kier alpha value is -2.31. The number of hydrogen-bond donors (Lipinski definition) is 0. The minimum absolute atomic E-state index is 0.114. The van der Waals surface area contributed by atoms with Crippen LogP contribution in [0.15, 0.2) is 36.5 Å². The molecule has 6 nitrogen and oxygen atoms in total. The predicted octanol–water partition coefficient (Wildman–Crippen LogP) is 2.78. The Morgan fingerprint density at radius 2 is 1.93 bits per heavy atom. The Kier molecular flexibility index (Phi) is 5.98.